The molecule has 19 heavy (non-hydrogen) atoms. The fraction of sp³-hybridized carbons (Fsp3) is 0.467. The average Bonchev–Trinajstić information content (AvgIpc) is 2.42. The molecule has 1 N–H and O–H groups in total. The first-order valence-corrected chi connectivity index (χ1v) is 6.95. The van der Waals surface area contributed by atoms with Crippen LogP contribution < -0.4 is 11.0 Å². The van der Waals surface area contributed by atoms with Gasteiger partial charge in [-0.3, -0.25) is 4.79 Å². The summed E-state index contributed by atoms with van der Waals surface area (Å²) in [6.45, 7) is 4.83. The van der Waals surface area contributed by atoms with Gasteiger partial charge in [-0.2, -0.15) is 0 Å². The highest BCUT2D eigenvalue weighted by Crippen LogP contribution is 2.09. The summed E-state index contributed by atoms with van der Waals surface area (Å²) in [6, 6.07) is 5.75. The minimum absolute atomic E-state index is 0.0123. The van der Waals surface area contributed by atoms with Gasteiger partial charge in [0.1, 0.15) is 0 Å². The summed E-state index contributed by atoms with van der Waals surface area (Å²) in [5.74, 6) is 0. The Balaban J connectivity index is 2.21. The number of hydrogen-bond acceptors (Lipinski definition) is 3. The molecule has 0 aromatic carbocycles. The minimum Gasteiger partial charge on any atom is -0.321 e. The number of nitrogens with one attached hydrogen (secondary N) is 1. The highest BCUT2D eigenvalue weighted by molar-refractivity contribution is 5.75. The molecule has 0 unspecified atom stereocenters. The maximum absolute atomic E-state index is 12.2. The Morgan fingerprint density at radius 1 is 1.32 bits per heavy atom. The van der Waals surface area contributed by atoms with E-state index in [1.54, 1.807) is 10.9 Å². The van der Waals surface area contributed by atoms with Crippen LogP contribution in [0.1, 0.15) is 38.2 Å². The first-order chi connectivity index (χ1) is 9.24. The summed E-state index contributed by atoms with van der Waals surface area (Å²) in [4.78, 5) is 16.5. The van der Waals surface area contributed by atoms with Gasteiger partial charge in [0, 0.05) is 23.7 Å². The van der Waals surface area contributed by atoms with Crippen LogP contribution in [0.25, 0.3) is 11.0 Å². The lowest BCUT2D eigenvalue weighted by molar-refractivity contribution is 0.660. The van der Waals surface area contributed by atoms with Crippen LogP contribution in [0, 0.1) is 6.92 Å². The lowest BCUT2D eigenvalue weighted by atomic mass is 10.2. The Morgan fingerprint density at radius 3 is 2.95 bits per heavy atom. The van der Waals surface area contributed by atoms with Crippen molar-refractivity contribution in [2.24, 2.45) is 0 Å². The third-order valence-electron chi connectivity index (χ3n) is 3.24. The van der Waals surface area contributed by atoms with Gasteiger partial charge in [-0.1, -0.05) is 26.2 Å². The zero-order chi connectivity index (χ0) is 13.7. The topological polar surface area (TPSA) is 46.9 Å². The van der Waals surface area contributed by atoms with Gasteiger partial charge in [-0.15, -0.1) is 0 Å². The molecule has 0 radical (unpaired) electrons. The summed E-state index contributed by atoms with van der Waals surface area (Å²) < 4.78 is 1.58. The third kappa shape index (κ3) is 3.13. The molecule has 0 aliphatic carbocycles. The van der Waals surface area contributed by atoms with Crippen molar-refractivity contribution in [2.75, 3.05) is 12.0 Å². The molecule has 102 valence electrons. The van der Waals surface area contributed by atoms with E-state index >= 15 is 0 Å². The van der Waals surface area contributed by atoms with Gasteiger partial charge in [-0.05, 0) is 31.5 Å². The Kier molecular flexibility index (Phi) is 4.55. The number of aromatic nitrogens is 2. The Morgan fingerprint density at radius 2 is 2.16 bits per heavy atom. The van der Waals surface area contributed by atoms with Crippen LogP contribution in [-0.2, 0) is 0 Å². The maximum Gasteiger partial charge on any atom is 0.273 e. The third-order valence-corrected chi connectivity index (χ3v) is 3.24. The molecule has 0 atom stereocenters. The predicted octanol–water partition coefficient (Wildman–Crippen LogP) is 2.83. The highest BCUT2D eigenvalue weighted by Gasteiger charge is 2.06. The highest BCUT2D eigenvalue weighted by atomic mass is 16.1. The van der Waals surface area contributed by atoms with Crippen molar-refractivity contribution in [3.8, 4) is 0 Å². The molecule has 4 nitrogen and oxygen atoms in total. The van der Waals surface area contributed by atoms with Crippen LogP contribution in [0.4, 0.5) is 0 Å². The molecule has 0 bridgehead atoms. The number of pyridine rings is 2. The monoisotopic (exact) mass is 259 g/mol. The quantitative estimate of drug-likeness (QED) is 0.811. The zero-order valence-electron chi connectivity index (χ0n) is 11.6. The van der Waals surface area contributed by atoms with Crippen molar-refractivity contribution in [2.45, 2.75) is 39.5 Å². The van der Waals surface area contributed by atoms with Crippen LogP contribution in [0.2, 0.25) is 0 Å². The van der Waals surface area contributed by atoms with E-state index in [1.807, 2.05) is 25.1 Å². The molecule has 4 heteroatoms. The van der Waals surface area contributed by atoms with E-state index < -0.39 is 0 Å². The molecule has 2 rings (SSSR count). The van der Waals surface area contributed by atoms with E-state index in [4.69, 9.17) is 0 Å². The van der Waals surface area contributed by atoms with E-state index in [-0.39, 0.29) is 5.56 Å². The molecule has 0 saturated carbocycles. The fourth-order valence-corrected chi connectivity index (χ4v) is 2.17. The summed E-state index contributed by atoms with van der Waals surface area (Å²) in [7, 11) is 0. The van der Waals surface area contributed by atoms with Gasteiger partial charge in [0.05, 0.1) is 0 Å². The van der Waals surface area contributed by atoms with Crippen molar-refractivity contribution in [1.29, 1.82) is 0 Å². The van der Waals surface area contributed by atoms with Crippen LogP contribution in [-0.4, -0.2) is 16.2 Å². The van der Waals surface area contributed by atoms with Crippen molar-refractivity contribution >= 4 is 11.0 Å². The number of aryl methyl sites for hydroxylation is 1. The van der Waals surface area contributed by atoms with E-state index in [0.29, 0.717) is 5.65 Å². The van der Waals surface area contributed by atoms with Gasteiger partial charge in [0.25, 0.3) is 5.56 Å². The molecular weight excluding hydrogens is 238 g/mol. The summed E-state index contributed by atoms with van der Waals surface area (Å²) >= 11 is 0. The Bertz CT molecular complexity index is 604. The maximum atomic E-state index is 12.2. The second-order valence-corrected chi connectivity index (χ2v) is 4.85. The van der Waals surface area contributed by atoms with Gasteiger partial charge in [0.15, 0.2) is 5.65 Å². The van der Waals surface area contributed by atoms with Gasteiger partial charge in [-0.25, -0.2) is 9.66 Å². The number of rotatable bonds is 6. The summed E-state index contributed by atoms with van der Waals surface area (Å²) in [5, 5.41) is 0.987. The van der Waals surface area contributed by atoms with Crippen molar-refractivity contribution in [1.82, 2.24) is 9.66 Å². The lowest BCUT2D eigenvalue weighted by Crippen LogP contribution is -2.31. The first-order valence-electron chi connectivity index (χ1n) is 6.95. The second kappa shape index (κ2) is 6.36. The molecule has 0 spiro atoms. The molecule has 0 saturated heterocycles. The predicted molar refractivity (Wildman–Crippen MR) is 79.1 cm³/mol. The molecule has 2 aromatic heterocycles. The summed E-state index contributed by atoms with van der Waals surface area (Å²) in [6.07, 6.45) is 6.43. The number of hydrogen-bond donors (Lipinski definition) is 1. The number of fused-ring (bicyclic) bond motifs is 1. The minimum atomic E-state index is -0.0123. The molecule has 0 aliphatic rings. The molecule has 0 fully saturated rings. The normalized spacial score (nSPS) is 10.8. The van der Waals surface area contributed by atoms with Crippen LogP contribution >= 0.6 is 0 Å². The van der Waals surface area contributed by atoms with Gasteiger partial charge < -0.3 is 5.43 Å². The smallest absolute Gasteiger partial charge is 0.273 e. The Labute approximate surface area is 113 Å². The fourth-order valence-electron chi connectivity index (χ4n) is 2.17. The van der Waals surface area contributed by atoms with Gasteiger partial charge in [0.2, 0.25) is 0 Å². The summed E-state index contributed by atoms with van der Waals surface area (Å²) in [5.41, 5.74) is 4.62. The van der Waals surface area contributed by atoms with Crippen LogP contribution in [0.15, 0.2) is 29.2 Å². The average molecular weight is 259 g/mol. The van der Waals surface area contributed by atoms with Crippen molar-refractivity contribution in [3.63, 3.8) is 0 Å². The van der Waals surface area contributed by atoms with Gasteiger partial charge >= 0.3 is 0 Å². The van der Waals surface area contributed by atoms with E-state index in [1.165, 1.54) is 19.3 Å². The Hall–Kier alpha value is -1.84. The molecule has 2 heterocycles. The van der Waals surface area contributed by atoms with E-state index in [2.05, 4.69) is 17.3 Å². The largest absolute Gasteiger partial charge is 0.321 e. The van der Waals surface area contributed by atoms with E-state index in [0.717, 1.165) is 23.9 Å². The van der Waals surface area contributed by atoms with Crippen molar-refractivity contribution < 1.29 is 0 Å². The SMILES string of the molecule is CCCCCCNn1c(=O)c(C)cc2cccnc21. The van der Waals surface area contributed by atoms with E-state index in [9.17, 15) is 4.79 Å². The molecule has 0 amide bonds. The van der Waals surface area contributed by atoms with Crippen LogP contribution in [0.3, 0.4) is 0 Å². The molecule has 2 aromatic rings. The molecule has 0 aliphatic heterocycles. The lowest BCUT2D eigenvalue weighted by Gasteiger charge is -2.12. The van der Waals surface area contributed by atoms with Crippen LogP contribution in [0.5, 0.6) is 0 Å². The number of unbranched alkanes of at least 4 members (excludes halogenated alkanes) is 3. The number of nitrogens with zero attached hydrogens (tertiary/aromatic N) is 2. The standard InChI is InChI=1S/C15H21N3O/c1-3-4-5-6-10-17-18-14-13(8-7-9-16-14)11-12(2)15(18)19/h7-9,11,17H,3-6,10H2,1-2H3. The zero-order valence-corrected chi connectivity index (χ0v) is 11.6. The van der Waals surface area contributed by atoms with Crippen molar-refractivity contribution in [3.05, 3.63) is 40.3 Å². The first kappa shape index (κ1) is 13.6. The second-order valence-electron chi connectivity index (χ2n) is 4.85. The molecular formula is C15H21N3O.